The van der Waals surface area contributed by atoms with E-state index in [9.17, 15) is 0 Å². The summed E-state index contributed by atoms with van der Waals surface area (Å²) < 4.78 is 0. The first-order valence-electron chi connectivity index (χ1n) is 11.3. The quantitative estimate of drug-likeness (QED) is 0.271. The van der Waals surface area contributed by atoms with E-state index in [2.05, 4.69) is 64.9 Å². The van der Waals surface area contributed by atoms with Crippen molar-refractivity contribution in [3.8, 4) is 33.9 Å². The normalized spacial score (nSPS) is 13.5. The fourth-order valence-corrected chi connectivity index (χ4v) is 4.95. The number of imidazole rings is 1. The maximum Gasteiger partial charge on any atom is 0.159 e. The molecule has 0 bridgehead atoms. The minimum atomic E-state index is 0.570. The van der Waals surface area contributed by atoms with Crippen LogP contribution in [0.1, 0.15) is 12.8 Å². The van der Waals surface area contributed by atoms with Crippen LogP contribution in [0.15, 0.2) is 72.2 Å². The third kappa shape index (κ3) is 3.57. The largest absolute Gasteiger partial charge is 0.358 e. The van der Waals surface area contributed by atoms with Crippen LogP contribution in [0.5, 0.6) is 0 Å². The van der Waals surface area contributed by atoms with Gasteiger partial charge in [0.2, 0.25) is 0 Å². The van der Waals surface area contributed by atoms with Gasteiger partial charge in [-0.3, -0.25) is 20.1 Å². The number of rotatable bonds is 6. The summed E-state index contributed by atoms with van der Waals surface area (Å²) in [5.41, 5.74) is 9.11. The molecule has 1 fully saturated rings. The maximum atomic E-state index is 4.91. The van der Waals surface area contributed by atoms with Gasteiger partial charge < -0.3 is 10.3 Å². The Kier molecular flexibility index (Phi) is 4.49. The van der Waals surface area contributed by atoms with E-state index in [4.69, 9.17) is 4.98 Å². The van der Waals surface area contributed by atoms with Crippen molar-refractivity contribution in [1.29, 1.82) is 0 Å². The SMILES string of the molecule is C=C(Nc1cncc(-c2cc3c(-c4nc5c(-c6ccsc6)cncc5[nH]4)n[nH]c3cn2)c1)C1CC1. The first-order chi connectivity index (χ1) is 17.2. The molecule has 170 valence electrons. The van der Waals surface area contributed by atoms with Crippen LogP contribution in [0.2, 0.25) is 0 Å². The lowest BCUT2D eigenvalue weighted by Gasteiger charge is -2.09. The Morgan fingerprint density at radius 1 is 1.03 bits per heavy atom. The summed E-state index contributed by atoms with van der Waals surface area (Å²) in [6.45, 7) is 4.15. The van der Waals surface area contributed by atoms with Gasteiger partial charge in [-0.15, -0.1) is 0 Å². The molecule has 0 aliphatic heterocycles. The molecule has 0 saturated heterocycles. The Bertz CT molecular complexity index is 1710. The maximum absolute atomic E-state index is 4.91. The van der Waals surface area contributed by atoms with E-state index in [1.807, 2.05) is 24.7 Å². The Morgan fingerprint density at radius 3 is 2.80 bits per heavy atom. The second-order valence-corrected chi connectivity index (χ2v) is 9.53. The molecule has 0 atom stereocenters. The lowest BCUT2D eigenvalue weighted by Crippen LogP contribution is -2.00. The summed E-state index contributed by atoms with van der Waals surface area (Å²) >= 11 is 1.65. The fraction of sp³-hybridized carbons (Fsp3) is 0.115. The number of hydrogen-bond acceptors (Lipinski definition) is 7. The molecule has 6 aromatic heterocycles. The van der Waals surface area contributed by atoms with Crippen LogP contribution in [0, 0.1) is 5.92 Å². The Labute approximate surface area is 204 Å². The van der Waals surface area contributed by atoms with Gasteiger partial charge in [0, 0.05) is 34.6 Å². The minimum absolute atomic E-state index is 0.570. The van der Waals surface area contributed by atoms with Crippen molar-refractivity contribution < 1.29 is 0 Å². The molecule has 8 nitrogen and oxygen atoms in total. The highest BCUT2D eigenvalue weighted by atomic mass is 32.1. The fourth-order valence-electron chi connectivity index (χ4n) is 4.30. The number of anilines is 1. The molecule has 1 aliphatic rings. The summed E-state index contributed by atoms with van der Waals surface area (Å²) in [5, 5.41) is 16.1. The predicted molar refractivity (Wildman–Crippen MR) is 139 cm³/mol. The number of aromatic nitrogens is 7. The van der Waals surface area contributed by atoms with Crippen molar-refractivity contribution in [3.05, 3.63) is 72.2 Å². The topological polar surface area (TPSA) is 108 Å². The zero-order valence-electron chi connectivity index (χ0n) is 18.6. The molecule has 3 N–H and O–H groups in total. The number of H-pyrrole nitrogens is 2. The van der Waals surface area contributed by atoms with Crippen LogP contribution in [-0.4, -0.2) is 35.1 Å². The number of hydrogen-bond donors (Lipinski definition) is 3. The van der Waals surface area contributed by atoms with E-state index in [1.54, 1.807) is 23.7 Å². The summed E-state index contributed by atoms with van der Waals surface area (Å²) in [7, 11) is 0. The van der Waals surface area contributed by atoms with Crippen molar-refractivity contribution in [2.45, 2.75) is 12.8 Å². The third-order valence-corrected chi connectivity index (χ3v) is 6.99. The van der Waals surface area contributed by atoms with Gasteiger partial charge in [0.25, 0.3) is 0 Å². The molecule has 35 heavy (non-hydrogen) atoms. The third-order valence-electron chi connectivity index (χ3n) is 6.31. The molecule has 0 unspecified atom stereocenters. The summed E-state index contributed by atoms with van der Waals surface area (Å²) in [4.78, 5) is 21.8. The number of allylic oxidation sites excluding steroid dienone is 1. The van der Waals surface area contributed by atoms with Crippen LogP contribution in [0.4, 0.5) is 5.69 Å². The van der Waals surface area contributed by atoms with Crippen LogP contribution in [-0.2, 0) is 0 Å². The molecule has 9 heteroatoms. The Hall–Kier alpha value is -4.37. The lowest BCUT2D eigenvalue weighted by molar-refractivity contribution is 1.02. The average molecular weight is 477 g/mol. The average Bonchev–Trinajstić information content (AvgIpc) is 3.26. The zero-order valence-corrected chi connectivity index (χ0v) is 19.4. The second-order valence-electron chi connectivity index (χ2n) is 8.75. The number of fused-ring (bicyclic) bond motifs is 2. The molecule has 0 spiro atoms. The van der Waals surface area contributed by atoms with E-state index in [-0.39, 0.29) is 0 Å². The van der Waals surface area contributed by atoms with Gasteiger partial charge in [0.15, 0.2) is 5.82 Å². The van der Waals surface area contributed by atoms with Gasteiger partial charge in [-0.25, -0.2) is 4.98 Å². The summed E-state index contributed by atoms with van der Waals surface area (Å²) in [5.74, 6) is 1.25. The zero-order chi connectivity index (χ0) is 23.4. The highest BCUT2D eigenvalue weighted by Crippen LogP contribution is 2.36. The van der Waals surface area contributed by atoms with Crippen LogP contribution in [0.3, 0.4) is 0 Å². The van der Waals surface area contributed by atoms with Crippen LogP contribution in [0.25, 0.3) is 55.8 Å². The Morgan fingerprint density at radius 2 is 1.94 bits per heavy atom. The van der Waals surface area contributed by atoms with E-state index in [0.717, 1.165) is 61.4 Å². The van der Waals surface area contributed by atoms with Gasteiger partial charge in [0.05, 0.1) is 41.0 Å². The molecule has 1 saturated carbocycles. The summed E-state index contributed by atoms with van der Waals surface area (Å²) in [6, 6.07) is 6.15. The molecule has 1 aliphatic carbocycles. The number of nitrogens with one attached hydrogen (secondary N) is 3. The first-order valence-corrected chi connectivity index (χ1v) is 12.3. The molecular weight excluding hydrogens is 456 g/mol. The molecule has 0 aromatic carbocycles. The van der Waals surface area contributed by atoms with Gasteiger partial charge >= 0.3 is 0 Å². The first kappa shape index (κ1) is 20.0. The molecule has 6 aromatic rings. The van der Waals surface area contributed by atoms with E-state index in [1.165, 1.54) is 12.8 Å². The van der Waals surface area contributed by atoms with Crippen molar-refractivity contribution in [1.82, 2.24) is 35.1 Å². The minimum Gasteiger partial charge on any atom is -0.358 e. The predicted octanol–water partition coefficient (Wildman–Crippen LogP) is 6.02. The van der Waals surface area contributed by atoms with E-state index < -0.39 is 0 Å². The van der Waals surface area contributed by atoms with Crippen molar-refractivity contribution in [2.75, 3.05) is 5.32 Å². The van der Waals surface area contributed by atoms with Gasteiger partial charge in [-0.1, -0.05) is 6.58 Å². The highest BCUT2D eigenvalue weighted by molar-refractivity contribution is 7.08. The summed E-state index contributed by atoms with van der Waals surface area (Å²) in [6.07, 6.45) is 11.5. The molecular formula is C26H20N8S. The van der Waals surface area contributed by atoms with E-state index in [0.29, 0.717) is 11.7 Å². The molecule has 0 radical (unpaired) electrons. The lowest BCUT2D eigenvalue weighted by atomic mass is 10.1. The van der Waals surface area contributed by atoms with Crippen molar-refractivity contribution in [3.63, 3.8) is 0 Å². The van der Waals surface area contributed by atoms with Crippen LogP contribution >= 0.6 is 11.3 Å². The molecule has 7 rings (SSSR count). The van der Waals surface area contributed by atoms with Crippen molar-refractivity contribution >= 4 is 39.0 Å². The van der Waals surface area contributed by atoms with Gasteiger partial charge in [0.1, 0.15) is 11.2 Å². The molecule has 6 heterocycles. The number of thiophene rings is 1. The number of pyridine rings is 3. The molecule has 0 amide bonds. The monoisotopic (exact) mass is 476 g/mol. The van der Waals surface area contributed by atoms with Crippen molar-refractivity contribution in [2.24, 2.45) is 5.92 Å². The number of aromatic amines is 2. The second kappa shape index (κ2) is 7.85. The van der Waals surface area contributed by atoms with Crippen LogP contribution < -0.4 is 5.32 Å². The number of nitrogens with zero attached hydrogens (tertiary/aromatic N) is 5. The highest BCUT2D eigenvalue weighted by Gasteiger charge is 2.24. The standard InChI is InChI=1S/C26H20N8S/c1-14(15-2-3-15)30-18-6-17(8-27-9-18)21-7-19-22(12-29-21)33-34-25(19)26-31-23-11-28-10-20(24(23)32-26)16-4-5-35-13-16/h4-13,15,30H,1-3H2,(H,31,32)(H,33,34). The smallest absolute Gasteiger partial charge is 0.159 e. The Balaban J connectivity index is 1.29. The van der Waals surface area contributed by atoms with Gasteiger partial charge in [-0.05, 0) is 53.3 Å². The van der Waals surface area contributed by atoms with Gasteiger partial charge in [-0.2, -0.15) is 16.4 Å². The van der Waals surface area contributed by atoms with E-state index >= 15 is 0 Å².